The minimum atomic E-state index is -4.27. The lowest BCUT2D eigenvalue weighted by Crippen LogP contribution is -2.31. The van der Waals surface area contributed by atoms with Crippen molar-refractivity contribution in [3.05, 3.63) is 47.5 Å². The van der Waals surface area contributed by atoms with E-state index in [-0.39, 0.29) is 11.7 Å². The number of nitrogens with zero attached hydrogens (tertiary/aromatic N) is 5. The van der Waals surface area contributed by atoms with E-state index < -0.39 is 38.3 Å². The number of aliphatic hydroxyl groups is 2. The molecule has 1 saturated heterocycles. The Balaban J connectivity index is 1.63. The quantitative estimate of drug-likeness (QED) is 0.285. The predicted molar refractivity (Wildman–Crippen MR) is 116 cm³/mol. The Morgan fingerprint density at radius 2 is 1.91 bits per heavy atom. The average Bonchev–Trinajstić information content (AvgIpc) is 3.27. The lowest BCUT2D eigenvalue weighted by atomic mass is 10.1. The molecule has 0 saturated carbocycles. The Kier molecular flexibility index (Phi) is 6.51. The smallest absolute Gasteiger partial charge is 0.325 e. The first-order valence-electron chi connectivity index (χ1n) is 9.85. The average molecular weight is 484 g/mol. The predicted octanol–water partition coefficient (Wildman–Crippen LogP) is 1.30. The van der Waals surface area contributed by atoms with Gasteiger partial charge in [-0.15, -0.1) is 0 Å². The van der Waals surface area contributed by atoms with Crippen LogP contribution in [0, 0.1) is 0 Å². The van der Waals surface area contributed by atoms with Crippen LogP contribution in [0.25, 0.3) is 11.2 Å². The summed E-state index contributed by atoms with van der Waals surface area (Å²) in [6, 6.07) is 9.77. The molecule has 0 spiro atoms. The molecule has 1 aliphatic heterocycles. The standard InChI is InChI=1S/C19H23ClN5O6P/c1-24(9-11-5-3-2-4-6-11)16-13-17(23-19(20)22-16)25(10-21-13)18-15(27)14(26)12(31-18)7-8-32(28,29)30/h2-6,10,12,14-15,18,26-27H,7-9H2,1H3,(H2,28,29,30). The van der Waals surface area contributed by atoms with E-state index in [0.717, 1.165) is 5.56 Å². The van der Waals surface area contributed by atoms with Crippen LogP contribution in [0.2, 0.25) is 5.28 Å². The molecule has 3 heterocycles. The molecule has 3 aromatic rings. The van der Waals surface area contributed by atoms with Crippen molar-refractivity contribution in [2.24, 2.45) is 0 Å². The van der Waals surface area contributed by atoms with Gasteiger partial charge < -0.3 is 29.6 Å². The van der Waals surface area contributed by atoms with Crippen LogP contribution in [-0.4, -0.2) is 71.0 Å². The zero-order valence-electron chi connectivity index (χ0n) is 17.1. The van der Waals surface area contributed by atoms with Gasteiger partial charge in [-0.05, 0) is 23.6 Å². The number of hydrogen-bond donors (Lipinski definition) is 4. The zero-order chi connectivity index (χ0) is 23.0. The lowest BCUT2D eigenvalue weighted by Gasteiger charge is -2.20. The molecule has 4 unspecified atom stereocenters. The molecule has 4 N–H and O–H groups in total. The number of ether oxygens (including phenoxy) is 1. The van der Waals surface area contributed by atoms with Crippen molar-refractivity contribution >= 4 is 36.2 Å². The largest absolute Gasteiger partial charge is 0.388 e. The maximum absolute atomic E-state index is 11.2. The van der Waals surface area contributed by atoms with Crippen molar-refractivity contribution in [1.29, 1.82) is 0 Å². The van der Waals surface area contributed by atoms with Gasteiger partial charge in [-0.2, -0.15) is 9.97 Å². The third kappa shape index (κ3) is 4.79. The van der Waals surface area contributed by atoms with Crippen LogP contribution in [-0.2, 0) is 15.8 Å². The summed E-state index contributed by atoms with van der Waals surface area (Å²) in [5.41, 5.74) is 1.78. The van der Waals surface area contributed by atoms with Gasteiger partial charge in [-0.3, -0.25) is 9.13 Å². The molecule has 4 atom stereocenters. The number of halogens is 1. The molecule has 11 nitrogen and oxygen atoms in total. The Morgan fingerprint density at radius 1 is 1.19 bits per heavy atom. The SMILES string of the molecule is CN(Cc1ccccc1)c1nc(Cl)nc2c1ncn2C1OC(CCP(=O)(O)O)C(O)C1O. The first kappa shape index (κ1) is 23.1. The van der Waals surface area contributed by atoms with E-state index >= 15 is 0 Å². The topological polar surface area (TPSA) is 154 Å². The fourth-order valence-electron chi connectivity index (χ4n) is 3.75. The highest BCUT2D eigenvalue weighted by molar-refractivity contribution is 7.51. The van der Waals surface area contributed by atoms with Crippen LogP contribution in [0.3, 0.4) is 0 Å². The molecule has 1 aliphatic rings. The summed E-state index contributed by atoms with van der Waals surface area (Å²) < 4.78 is 18.3. The minimum absolute atomic E-state index is 0.0275. The van der Waals surface area contributed by atoms with Gasteiger partial charge in [0.25, 0.3) is 0 Å². The van der Waals surface area contributed by atoms with Gasteiger partial charge in [0.1, 0.15) is 12.2 Å². The molecule has 32 heavy (non-hydrogen) atoms. The van der Waals surface area contributed by atoms with Gasteiger partial charge in [-0.25, -0.2) is 4.98 Å². The molecule has 172 valence electrons. The van der Waals surface area contributed by atoms with E-state index in [9.17, 15) is 14.8 Å². The van der Waals surface area contributed by atoms with Crippen molar-refractivity contribution in [1.82, 2.24) is 19.5 Å². The zero-order valence-corrected chi connectivity index (χ0v) is 18.7. The lowest BCUT2D eigenvalue weighted by molar-refractivity contribution is -0.0355. The van der Waals surface area contributed by atoms with Crippen LogP contribution in [0.4, 0.5) is 5.82 Å². The summed E-state index contributed by atoms with van der Waals surface area (Å²) in [5, 5.41) is 20.8. The highest BCUT2D eigenvalue weighted by Gasteiger charge is 2.44. The van der Waals surface area contributed by atoms with Crippen molar-refractivity contribution in [3.63, 3.8) is 0 Å². The summed E-state index contributed by atoms with van der Waals surface area (Å²) >= 11 is 6.17. The molecule has 13 heteroatoms. The molecule has 0 radical (unpaired) electrons. The molecule has 0 aliphatic carbocycles. The first-order valence-corrected chi connectivity index (χ1v) is 12.0. The van der Waals surface area contributed by atoms with E-state index in [1.165, 1.54) is 10.9 Å². The van der Waals surface area contributed by atoms with E-state index in [4.69, 9.17) is 26.1 Å². The summed E-state index contributed by atoms with van der Waals surface area (Å²) in [6.45, 7) is 0.544. The van der Waals surface area contributed by atoms with Gasteiger partial charge in [0.15, 0.2) is 23.2 Å². The molecular formula is C19H23ClN5O6P. The third-order valence-corrected chi connectivity index (χ3v) is 6.33. The van der Waals surface area contributed by atoms with E-state index in [2.05, 4.69) is 15.0 Å². The maximum Gasteiger partial charge on any atom is 0.325 e. The molecule has 0 bridgehead atoms. The molecule has 2 aromatic heterocycles. The summed E-state index contributed by atoms with van der Waals surface area (Å²) in [6.07, 6.45) is -3.89. The molecular weight excluding hydrogens is 461 g/mol. The fraction of sp³-hybridized carbons (Fsp3) is 0.421. The number of anilines is 1. The monoisotopic (exact) mass is 483 g/mol. The Bertz CT molecular complexity index is 1140. The molecule has 1 fully saturated rings. The number of rotatable bonds is 7. The van der Waals surface area contributed by atoms with E-state index in [0.29, 0.717) is 23.5 Å². The Hall–Kier alpha value is -2.11. The highest BCUT2D eigenvalue weighted by Crippen LogP contribution is 2.40. The van der Waals surface area contributed by atoms with Gasteiger partial charge >= 0.3 is 7.60 Å². The van der Waals surface area contributed by atoms with Crippen LogP contribution in [0.15, 0.2) is 36.7 Å². The Labute approximate surface area is 188 Å². The van der Waals surface area contributed by atoms with Crippen LogP contribution < -0.4 is 4.90 Å². The van der Waals surface area contributed by atoms with Gasteiger partial charge in [0.2, 0.25) is 5.28 Å². The summed E-state index contributed by atoms with van der Waals surface area (Å²) in [4.78, 5) is 33.0. The second-order valence-corrected chi connectivity index (χ2v) is 9.82. The first-order chi connectivity index (χ1) is 15.1. The van der Waals surface area contributed by atoms with Gasteiger partial charge in [-0.1, -0.05) is 30.3 Å². The van der Waals surface area contributed by atoms with Crippen LogP contribution >= 0.6 is 19.2 Å². The maximum atomic E-state index is 11.2. The van der Waals surface area contributed by atoms with Gasteiger partial charge in [0.05, 0.1) is 18.6 Å². The molecule has 1 aromatic carbocycles. The van der Waals surface area contributed by atoms with Gasteiger partial charge in [0, 0.05) is 13.6 Å². The number of imidazole rings is 1. The molecule has 4 rings (SSSR count). The molecule has 0 amide bonds. The van der Waals surface area contributed by atoms with E-state index in [1.54, 1.807) is 0 Å². The summed E-state index contributed by atoms with van der Waals surface area (Å²) in [7, 11) is -2.43. The number of aliphatic hydroxyl groups excluding tert-OH is 2. The highest BCUT2D eigenvalue weighted by atomic mass is 35.5. The number of benzene rings is 1. The minimum Gasteiger partial charge on any atom is -0.388 e. The second-order valence-electron chi connectivity index (χ2n) is 7.71. The van der Waals surface area contributed by atoms with Crippen molar-refractivity contribution in [3.8, 4) is 0 Å². The van der Waals surface area contributed by atoms with Crippen LogP contribution in [0.5, 0.6) is 0 Å². The Morgan fingerprint density at radius 3 is 2.59 bits per heavy atom. The van der Waals surface area contributed by atoms with Crippen molar-refractivity contribution < 1.29 is 29.3 Å². The summed E-state index contributed by atoms with van der Waals surface area (Å²) in [5.74, 6) is 0.480. The second kappa shape index (κ2) is 9.03. The van der Waals surface area contributed by atoms with Crippen molar-refractivity contribution in [2.45, 2.75) is 37.5 Å². The fourth-order valence-corrected chi connectivity index (χ4v) is 4.50. The van der Waals surface area contributed by atoms with E-state index in [1.807, 2.05) is 42.3 Å². The van der Waals surface area contributed by atoms with Crippen molar-refractivity contribution in [2.75, 3.05) is 18.1 Å². The number of aromatic nitrogens is 4. The number of fused-ring (bicyclic) bond motifs is 1. The normalized spacial score (nSPS) is 23.7. The van der Waals surface area contributed by atoms with Crippen LogP contribution in [0.1, 0.15) is 18.2 Å². The number of hydrogen-bond acceptors (Lipinski definition) is 8. The third-order valence-electron chi connectivity index (χ3n) is 5.32.